The number of hydrogen-bond acceptors (Lipinski definition) is 5. The van der Waals surface area contributed by atoms with Gasteiger partial charge in [-0.2, -0.15) is 0 Å². The van der Waals surface area contributed by atoms with Crippen LogP contribution >= 0.6 is 0 Å². The number of ether oxygens (including phenoxy) is 3. The summed E-state index contributed by atoms with van der Waals surface area (Å²) in [5, 5.41) is 10.0. The maximum atomic E-state index is 11.7. The quantitative estimate of drug-likeness (QED) is 0.245. The van der Waals surface area contributed by atoms with E-state index in [4.69, 9.17) is 14.2 Å². The number of rotatable bonds is 8. The lowest BCUT2D eigenvalue weighted by molar-refractivity contribution is -0.135. The molecule has 0 heterocycles. The van der Waals surface area contributed by atoms with Gasteiger partial charge in [0.25, 0.3) is 0 Å². The van der Waals surface area contributed by atoms with Crippen molar-refractivity contribution >= 4 is 12.0 Å². The summed E-state index contributed by atoms with van der Waals surface area (Å²) in [5.41, 5.74) is 2.99. The van der Waals surface area contributed by atoms with Gasteiger partial charge in [0, 0.05) is 0 Å². The number of esters is 1. The van der Waals surface area contributed by atoms with Gasteiger partial charge < -0.3 is 19.3 Å². The zero-order chi connectivity index (χ0) is 19.5. The Labute approximate surface area is 154 Å². The van der Waals surface area contributed by atoms with Crippen LogP contribution in [0.25, 0.3) is 6.08 Å². The molecule has 0 saturated carbocycles. The molecule has 26 heavy (non-hydrogen) atoms. The molecule has 1 aromatic carbocycles. The van der Waals surface area contributed by atoms with Crippen LogP contribution in [-0.4, -0.2) is 31.9 Å². The highest BCUT2D eigenvalue weighted by Gasteiger charge is 2.11. The predicted octanol–water partition coefficient (Wildman–Crippen LogP) is 4.40. The van der Waals surface area contributed by atoms with Crippen molar-refractivity contribution in [3.63, 3.8) is 0 Å². The highest BCUT2D eigenvalue weighted by Crippen LogP contribution is 2.27. The van der Waals surface area contributed by atoms with Crippen LogP contribution in [0.2, 0.25) is 0 Å². The molecule has 140 valence electrons. The number of aromatic hydroxyl groups is 1. The highest BCUT2D eigenvalue weighted by atomic mass is 16.5. The van der Waals surface area contributed by atoms with Crippen molar-refractivity contribution in [2.24, 2.45) is 0 Å². The van der Waals surface area contributed by atoms with E-state index < -0.39 is 5.97 Å². The normalized spacial score (nSPS) is 12.0. The third kappa shape index (κ3) is 6.89. The molecule has 0 spiro atoms. The molecule has 0 aromatic heterocycles. The Hall–Kier alpha value is -2.95. The number of methoxy groups -OCH3 is 2. The summed E-state index contributed by atoms with van der Waals surface area (Å²) in [4.78, 5) is 11.7. The molecule has 0 amide bonds. The Kier molecular flexibility index (Phi) is 8.78. The fraction of sp³-hybridized carbons (Fsp3) is 0.286. The van der Waals surface area contributed by atoms with Gasteiger partial charge in [0.2, 0.25) is 0 Å². The zero-order valence-corrected chi connectivity index (χ0v) is 15.9. The number of phenolic OH excluding ortho intramolecular Hbond substituents is 1. The molecular formula is C21H26O5. The van der Waals surface area contributed by atoms with E-state index in [9.17, 15) is 9.90 Å². The van der Waals surface area contributed by atoms with Crippen molar-refractivity contribution in [1.82, 2.24) is 0 Å². The van der Waals surface area contributed by atoms with E-state index in [1.54, 1.807) is 31.2 Å². The second-order valence-corrected chi connectivity index (χ2v) is 5.79. The number of carbonyl (C=O) groups excluding carboxylic acids is 1. The molecule has 0 bridgehead atoms. The van der Waals surface area contributed by atoms with Gasteiger partial charge in [-0.3, -0.25) is 0 Å². The first-order valence-corrected chi connectivity index (χ1v) is 8.14. The van der Waals surface area contributed by atoms with Crippen molar-refractivity contribution in [2.75, 3.05) is 20.8 Å². The molecule has 0 unspecified atom stereocenters. The number of phenols is 1. The van der Waals surface area contributed by atoms with Crippen LogP contribution in [0.3, 0.4) is 0 Å². The van der Waals surface area contributed by atoms with Crippen LogP contribution in [0, 0.1) is 0 Å². The third-order valence-corrected chi connectivity index (χ3v) is 3.41. The van der Waals surface area contributed by atoms with Gasteiger partial charge >= 0.3 is 5.97 Å². The Morgan fingerprint density at radius 2 is 1.92 bits per heavy atom. The van der Waals surface area contributed by atoms with Crippen LogP contribution < -0.4 is 4.74 Å². The molecular weight excluding hydrogens is 332 g/mol. The third-order valence-electron chi connectivity index (χ3n) is 3.41. The smallest absolute Gasteiger partial charge is 0.341 e. The summed E-state index contributed by atoms with van der Waals surface area (Å²) in [6, 6.07) is 5.17. The molecule has 0 aliphatic carbocycles. The Bertz CT molecular complexity index is 735. The van der Waals surface area contributed by atoms with E-state index in [1.165, 1.54) is 20.5 Å². The minimum Gasteiger partial charge on any atom is -0.504 e. The molecule has 0 atom stereocenters. The minimum absolute atomic E-state index is 0.0736. The first-order valence-electron chi connectivity index (χ1n) is 8.14. The first kappa shape index (κ1) is 21.1. The average molecular weight is 358 g/mol. The summed E-state index contributed by atoms with van der Waals surface area (Å²) in [6.07, 6.45) is 8.63. The second-order valence-electron chi connectivity index (χ2n) is 5.79. The van der Waals surface area contributed by atoms with Gasteiger partial charge in [-0.1, -0.05) is 29.9 Å². The molecule has 0 fully saturated rings. The van der Waals surface area contributed by atoms with Crippen LogP contribution in [0.5, 0.6) is 11.5 Å². The fourth-order valence-corrected chi connectivity index (χ4v) is 1.98. The van der Waals surface area contributed by atoms with Crippen molar-refractivity contribution in [1.29, 1.82) is 0 Å². The number of allylic oxidation sites excluding steroid dienone is 3. The molecule has 1 N–H and O–H groups in total. The summed E-state index contributed by atoms with van der Waals surface area (Å²) in [6.45, 7) is 6.17. The Morgan fingerprint density at radius 1 is 1.19 bits per heavy atom. The lowest BCUT2D eigenvalue weighted by atomic mass is 10.1. The van der Waals surface area contributed by atoms with Crippen LogP contribution in [-0.2, 0) is 14.3 Å². The predicted molar refractivity (Wildman–Crippen MR) is 103 cm³/mol. The maximum Gasteiger partial charge on any atom is 0.341 e. The summed E-state index contributed by atoms with van der Waals surface area (Å²) in [7, 11) is 2.79. The van der Waals surface area contributed by atoms with Gasteiger partial charge in [0.1, 0.15) is 6.61 Å². The monoisotopic (exact) mass is 358 g/mol. The molecule has 0 saturated heterocycles. The molecule has 1 aromatic rings. The van der Waals surface area contributed by atoms with Gasteiger partial charge in [-0.05, 0) is 50.1 Å². The van der Waals surface area contributed by atoms with Gasteiger partial charge in [0.15, 0.2) is 11.5 Å². The number of hydrogen-bond donors (Lipinski definition) is 1. The van der Waals surface area contributed by atoms with E-state index in [-0.39, 0.29) is 5.75 Å². The van der Waals surface area contributed by atoms with Crippen LogP contribution in [0.1, 0.15) is 26.3 Å². The van der Waals surface area contributed by atoms with Gasteiger partial charge in [-0.25, -0.2) is 4.79 Å². The molecule has 5 heteroatoms. The molecule has 0 aliphatic rings. The summed E-state index contributed by atoms with van der Waals surface area (Å²) >= 11 is 0. The zero-order valence-electron chi connectivity index (χ0n) is 15.9. The molecule has 0 radical (unpaired) electrons. The molecule has 5 nitrogen and oxygen atoms in total. The largest absolute Gasteiger partial charge is 0.504 e. The molecule has 1 rings (SSSR count). The topological polar surface area (TPSA) is 65.0 Å². The van der Waals surface area contributed by atoms with Crippen LogP contribution in [0.15, 0.2) is 59.4 Å². The van der Waals surface area contributed by atoms with Crippen molar-refractivity contribution < 1.29 is 24.1 Å². The van der Waals surface area contributed by atoms with Crippen molar-refractivity contribution in [2.45, 2.75) is 20.8 Å². The SMILES string of the molecule is COC=C(C(=O)OC)C(C)=CC=Cc1ccc(OCC=C(C)C)c(O)c1. The Balaban J connectivity index is 2.85. The van der Waals surface area contributed by atoms with E-state index >= 15 is 0 Å². The van der Waals surface area contributed by atoms with Gasteiger partial charge in [0.05, 0.1) is 26.1 Å². The van der Waals surface area contributed by atoms with Crippen molar-refractivity contribution in [3.05, 3.63) is 65.0 Å². The minimum atomic E-state index is -0.468. The number of carbonyl (C=O) groups is 1. The average Bonchev–Trinajstić information content (AvgIpc) is 2.60. The lowest BCUT2D eigenvalue weighted by Gasteiger charge is -2.07. The van der Waals surface area contributed by atoms with E-state index in [2.05, 4.69) is 0 Å². The van der Waals surface area contributed by atoms with E-state index in [0.29, 0.717) is 23.5 Å². The van der Waals surface area contributed by atoms with Crippen molar-refractivity contribution in [3.8, 4) is 11.5 Å². The summed E-state index contributed by atoms with van der Waals surface area (Å²) < 4.78 is 15.1. The van der Waals surface area contributed by atoms with Gasteiger partial charge in [-0.15, -0.1) is 0 Å². The maximum absolute atomic E-state index is 11.7. The fourth-order valence-electron chi connectivity index (χ4n) is 1.98. The van der Waals surface area contributed by atoms with E-state index in [0.717, 1.165) is 11.1 Å². The number of benzene rings is 1. The summed E-state index contributed by atoms with van der Waals surface area (Å²) in [5.74, 6) is 0.0384. The van der Waals surface area contributed by atoms with E-state index in [1.807, 2.05) is 32.1 Å². The highest BCUT2D eigenvalue weighted by molar-refractivity contribution is 5.93. The molecule has 0 aliphatic heterocycles. The second kappa shape index (κ2) is 10.8. The lowest BCUT2D eigenvalue weighted by Crippen LogP contribution is -2.06. The standard InChI is InChI=1S/C21H26O5/c1-15(2)11-12-26-20-10-9-17(13-19(20)22)8-6-7-16(3)18(14-24-4)21(23)25-5/h6-11,13-14,22H,12H2,1-5H3. The first-order chi connectivity index (χ1) is 12.4. The Morgan fingerprint density at radius 3 is 2.50 bits per heavy atom. The van der Waals surface area contributed by atoms with Crippen LogP contribution in [0.4, 0.5) is 0 Å².